The van der Waals surface area contributed by atoms with E-state index < -0.39 is 11.5 Å². The molecule has 2 aliphatic heterocycles. The zero-order valence-electron chi connectivity index (χ0n) is 11.9. The van der Waals surface area contributed by atoms with Gasteiger partial charge in [-0.05, 0) is 46.4 Å². The largest absolute Gasteiger partial charge is 0.317 e. The molecular formula is C17H11ClINO3. The molecule has 23 heavy (non-hydrogen) atoms. The fourth-order valence-electron chi connectivity index (χ4n) is 3.80. The number of halogens is 2. The van der Waals surface area contributed by atoms with Gasteiger partial charge in [0.1, 0.15) is 0 Å². The van der Waals surface area contributed by atoms with Crippen LogP contribution in [0.4, 0.5) is 0 Å². The summed E-state index contributed by atoms with van der Waals surface area (Å²) in [5, 5.41) is 0.608. The number of allylic oxidation sites excluding steroid dienone is 1. The summed E-state index contributed by atoms with van der Waals surface area (Å²) in [4.78, 5) is 38.5. The molecular weight excluding hydrogens is 429 g/mol. The van der Waals surface area contributed by atoms with Crippen LogP contribution in [-0.4, -0.2) is 34.5 Å². The lowest BCUT2D eigenvalue weighted by Crippen LogP contribution is -2.47. The molecule has 3 aliphatic rings. The van der Waals surface area contributed by atoms with Crippen molar-refractivity contribution >= 4 is 57.2 Å². The number of benzene rings is 1. The monoisotopic (exact) mass is 439 g/mol. The van der Waals surface area contributed by atoms with Crippen molar-refractivity contribution in [2.45, 2.75) is 12.0 Å². The first-order chi connectivity index (χ1) is 10.9. The van der Waals surface area contributed by atoms with E-state index in [0.29, 0.717) is 8.60 Å². The Bertz CT molecular complexity index is 827. The molecule has 0 N–H and O–H groups in total. The smallest absolute Gasteiger partial charge is 0.261 e. The van der Waals surface area contributed by atoms with Crippen LogP contribution in [0.5, 0.6) is 0 Å². The molecule has 1 spiro atoms. The number of hydrogen-bond donors (Lipinski definition) is 0. The number of hydrogen-bond acceptors (Lipinski definition) is 3. The van der Waals surface area contributed by atoms with Gasteiger partial charge in [-0.1, -0.05) is 29.8 Å². The first-order valence-corrected chi connectivity index (χ1v) is 8.64. The van der Waals surface area contributed by atoms with Gasteiger partial charge >= 0.3 is 0 Å². The van der Waals surface area contributed by atoms with Crippen LogP contribution in [0.25, 0.3) is 5.57 Å². The minimum absolute atomic E-state index is 0.0496. The molecule has 4 nitrogen and oxygen atoms in total. The number of carbonyl (C=O) groups is 3. The van der Waals surface area contributed by atoms with Crippen molar-refractivity contribution in [3.8, 4) is 0 Å². The summed E-state index contributed by atoms with van der Waals surface area (Å²) in [6.07, 6.45) is 3.39. The van der Waals surface area contributed by atoms with Gasteiger partial charge in [-0.15, -0.1) is 0 Å². The molecule has 0 radical (unpaired) electrons. The maximum Gasteiger partial charge on any atom is 0.261 e. The van der Waals surface area contributed by atoms with Crippen molar-refractivity contribution in [1.29, 1.82) is 0 Å². The third-order valence-corrected chi connectivity index (χ3v) is 6.05. The van der Waals surface area contributed by atoms with Crippen molar-refractivity contribution in [1.82, 2.24) is 4.90 Å². The first-order valence-electron chi connectivity index (χ1n) is 7.18. The molecule has 2 heterocycles. The van der Waals surface area contributed by atoms with E-state index in [4.69, 9.17) is 11.6 Å². The SMILES string of the molecule is O=C1C=C[C@]23C(c4ccc(Cl)cc4)=C(I)C(=O)N2CC(=O)[C@H]3C1. The number of Topliss-reactive ketones (excluding diaryl/α,β-unsaturated/α-hetero) is 1. The minimum atomic E-state index is -0.827. The normalized spacial score (nSPS) is 29.4. The van der Waals surface area contributed by atoms with Crippen LogP contribution < -0.4 is 0 Å². The summed E-state index contributed by atoms with van der Waals surface area (Å²) < 4.78 is 0.599. The molecule has 1 saturated heterocycles. The lowest BCUT2D eigenvalue weighted by Gasteiger charge is -2.37. The summed E-state index contributed by atoms with van der Waals surface area (Å²) in [5.41, 5.74) is 0.833. The van der Waals surface area contributed by atoms with Gasteiger partial charge in [0.2, 0.25) is 0 Å². The Morgan fingerprint density at radius 2 is 1.87 bits per heavy atom. The number of nitrogens with zero attached hydrogens (tertiary/aromatic N) is 1. The molecule has 2 atom stereocenters. The van der Waals surface area contributed by atoms with Crippen LogP contribution in [0.15, 0.2) is 40.0 Å². The molecule has 4 rings (SSSR count). The van der Waals surface area contributed by atoms with E-state index in [1.54, 1.807) is 23.1 Å². The number of amides is 1. The van der Waals surface area contributed by atoms with Gasteiger partial charge in [-0.2, -0.15) is 0 Å². The Kier molecular flexibility index (Phi) is 3.29. The van der Waals surface area contributed by atoms with Crippen LogP contribution in [0.3, 0.4) is 0 Å². The van der Waals surface area contributed by atoms with Crippen molar-refractivity contribution in [2.75, 3.05) is 6.54 Å². The first kappa shape index (κ1) is 15.1. The molecule has 1 aromatic carbocycles. The van der Waals surface area contributed by atoms with Crippen LogP contribution in [0, 0.1) is 5.92 Å². The highest BCUT2D eigenvalue weighted by Gasteiger charge is 2.62. The zero-order chi connectivity index (χ0) is 16.4. The fourth-order valence-corrected chi connectivity index (χ4v) is 4.96. The summed E-state index contributed by atoms with van der Waals surface area (Å²) >= 11 is 8.01. The number of carbonyl (C=O) groups excluding carboxylic acids is 3. The Labute approximate surface area is 151 Å². The summed E-state index contributed by atoms with van der Waals surface area (Å²) in [5.74, 6) is -0.764. The second-order valence-corrected chi connectivity index (χ2v) is 7.45. The average molecular weight is 440 g/mol. The van der Waals surface area contributed by atoms with Crippen molar-refractivity contribution < 1.29 is 14.4 Å². The Morgan fingerprint density at radius 1 is 1.17 bits per heavy atom. The Balaban J connectivity index is 1.98. The third-order valence-electron chi connectivity index (χ3n) is 4.79. The molecule has 1 fully saturated rings. The third kappa shape index (κ3) is 1.92. The molecule has 1 amide bonds. The molecule has 1 aromatic rings. The van der Waals surface area contributed by atoms with Crippen LogP contribution in [-0.2, 0) is 14.4 Å². The fraction of sp³-hybridized carbons (Fsp3) is 0.235. The maximum absolute atomic E-state index is 12.7. The Morgan fingerprint density at radius 3 is 2.57 bits per heavy atom. The second kappa shape index (κ2) is 5.01. The number of rotatable bonds is 1. The number of ketones is 2. The molecule has 0 saturated carbocycles. The van der Waals surface area contributed by atoms with Crippen LogP contribution in [0.2, 0.25) is 5.02 Å². The predicted molar refractivity (Wildman–Crippen MR) is 94.1 cm³/mol. The quantitative estimate of drug-likeness (QED) is 0.633. The highest BCUT2D eigenvalue weighted by atomic mass is 127. The van der Waals surface area contributed by atoms with Gasteiger partial charge in [0.15, 0.2) is 11.6 Å². The molecule has 1 aliphatic carbocycles. The molecule has 0 bridgehead atoms. The minimum Gasteiger partial charge on any atom is -0.317 e. The van der Waals surface area contributed by atoms with E-state index in [2.05, 4.69) is 0 Å². The molecule has 6 heteroatoms. The zero-order valence-corrected chi connectivity index (χ0v) is 14.8. The van der Waals surface area contributed by atoms with Gasteiger partial charge in [-0.3, -0.25) is 14.4 Å². The van der Waals surface area contributed by atoms with E-state index >= 15 is 0 Å². The van der Waals surface area contributed by atoms with E-state index in [-0.39, 0.29) is 30.4 Å². The summed E-state index contributed by atoms with van der Waals surface area (Å²) in [7, 11) is 0. The maximum atomic E-state index is 12.7. The van der Waals surface area contributed by atoms with Gasteiger partial charge in [-0.25, -0.2) is 0 Å². The second-order valence-electron chi connectivity index (χ2n) is 5.94. The van der Waals surface area contributed by atoms with Crippen molar-refractivity contribution in [2.24, 2.45) is 5.92 Å². The van der Waals surface area contributed by atoms with Gasteiger partial charge in [0.25, 0.3) is 5.91 Å². The van der Waals surface area contributed by atoms with E-state index in [1.165, 1.54) is 6.08 Å². The van der Waals surface area contributed by atoms with E-state index in [0.717, 1.165) is 11.1 Å². The Hall–Kier alpha value is -1.47. The predicted octanol–water partition coefficient (Wildman–Crippen LogP) is 2.80. The van der Waals surface area contributed by atoms with Crippen LogP contribution >= 0.6 is 34.2 Å². The van der Waals surface area contributed by atoms with Crippen molar-refractivity contribution in [3.63, 3.8) is 0 Å². The summed E-state index contributed by atoms with van der Waals surface area (Å²) in [6.45, 7) is 0.0602. The molecule has 0 aromatic heterocycles. The average Bonchev–Trinajstić information content (AvgIpc) is 2.92. The topological polar surface area (TPSA) is 54.5 Å². The highest BCUT2D eigenvalue weighted by Crippen LogP contribution is 2.54. The van der Waals surface area contributed by atoms with Crippen molar-refractivity contribution in [3.05, 3.63) is 50.6 Å². The summed E-state index contributed by atoms with van der Waals surface area (Å²) in [6, 6.07) is 7.24. The molecule has 116 valence electrons. The highest BCUT2D eigenvalue weighted by molar-refractivity contribution is 14.1. The van der Waals surface area contributed by atoms with Crippen LogP contribution in [0.1, 0.15) is 12.0 Å². The molecule has 0 unspecified atom stereocenters. The van der Waals surface area contributed by atoms with Gasteiger partial charge in [0, 0.05) is 17.0 Å². The van der Waals surface area contributed by atoms with Gasteiger partial charge < -0.3 is 4.90 Å². The van der Waals surface area contributed by atoms with E-state index in [9.17, 15) is 14.4 Å². The van der Waals surface area contributed by atoms with Gasteiger partial charge in [0.05, 0.1) is 21.6 Å². The lowest BCUT2D eigenvalue weighted by atomic mass is 9.71. The lowest BCUT2D eigenvalue weighted by molar-refractivity contribution is -0.128. The standard InChI is InChI=1S/C17H11ClINO3/c18-10-3-1-9(2-4-10)14-15(19)16(23)20-8-13(22)12-7-11(21)5-6-17(12,14)20/h1-6,12H,7-8H2/t12-,17+/m1/s1. The van der Waals surface area contributed by atoms with E-state index in [1.807, 2.05) is 34.7 Å².